The summed E-state index contributed by atoms with van der Waals surface area (Å²) < 4.78 is 6.64. The largest absolute Gasteiger partial charge is 0.479 e. The Hall–Kier alpha value is -1.92. The lowest BCUT2D eigenvalue weighted by Gasteiger charge is -2.58. The molecular weight excluding hydrogens is 326 g/mol. The zero-order valence-corrected chi connectivity index (χ0v) is 14.8. The Morgan fingerprint density at radius 2 is 2.08 bits per heavy atom. The van der Waals surface area contributed by atoms with Crippen molar-refractivity contribution in [2.75, 3.05) is 6.61 Å². The lowest BCUT2D eigenvalue weighted by molar-refractivity contribution is -0.190. The number of amides is 1. The first-order chi connectivity index (χ1) is 11.3. The van der Waals surface area contributed by atoms with Crippen molar-refractivity contribution in [3.63, 3.8) is 0 Å². The van der Waals surface area contributed by atoms with Crippen LogP contribution in [0.2, 0.25) is 0 Å². The number of hydrogen-bond donors (Lipinski definition) is 2. The van der Waals surface area contributed by atoms with Crippen LogP contribution in [0.25, 0.3) is 10.1 Å². The van der Waals surface area contributed by atoms with E-state index < -0.39 is 16.9 Å². The molecule has 2 atom stereocenters. The summed E-state index contributed by atoms with van der Waals surface area (Å²) in [7, 11) is 0. The summed E-state index contributed by atoms with van der Waals surface area (Å²) in [6.45, 7) is 6.06. The summed E-state index contributed by atoms with van der Waals surface area (Å²) in [4.78, 5) is 24.7. The summed E-state index contributed by atoms with van der Waals surface area (Å²) in [5.41, 5.74) is -1.48. The highest BCUT2D eigenvalue weighted by atomic mass is 32.1. The van der Waals surface area contributed by atoms with Crippen LogP contribution in [-0.2, 0) is 9.53 Å². The van der Waals surface area contributed by atoms with Crippen LogP contribution >= 0.6 is 11.3 Å². The number of nitrogens with one attached hydrogen (secondary N) is 1. The van der Waals surface area contributed by atoms with E-state index in [1.807, 2.05) is 45.0 Å². The van der Waals surface area contributed by atoms with Gasteiger partial charge in [0.25, 0.3) is 5.91 Å². The van der Waals surface area contributed by atoms with E-state index in [2.05, 4.69) is 5.32 Å². The molecule has 1 fully saturated rings. The Balaban J connectivity index is 1.90. The van der Waals surface area contributed by atoms with Crippen molar-refractivity contribution >= 4 is 33.3 Å². The first-order valence-electron chi connectivity index (χ1n) is 7.97. The normalized spacial score (nSPS) is 25.2. The third-order valence-corrected chi connectivity index (χ3v) is 6.15. The van der Waals surface area contributed by atoms with Crippen LogP contribution in [0, 0.1) is 5.41 Å². The van der Waals surface area contributed by atoms with Crippen molar-refractivity contribution in [2.45, 2.75) is 38.8 Å². The van der Waals surface area contributed by atoms with Gasteiger partial charge in [0.15, 0.2) is 0 Å². The highest BCUT2D eigenvalue weighted by Crippen LogP contribution is 2.51. The van der Waals surface area contributed by atoms with Gasteiger partial charge in [0, 0.05) is 33.9 Å². The zero-order chi connectivity index (χ0) is 17.5. The molecule has 1 amide bonds. The Morgan fingerprint density at radius 1 is 1.38 bits per heavy atom. The van der Waals surface area contributed by atoms with E-state index in [0.717, 1.165) is 10.1 Å². The molecule has 0 aliphatic heterocycles. The molecule has 24 heavy (non-hydrogen) atoms. The maximum Gasteiger partial charge on any atom is 0.330 e. The van der Waals surface area contributed by atoms with Crippen LogP contribution in [0.15, 0.2) is 29.6 Å². The molecule has 128 valence electrons. The molecule has 0 spiro atoms. The molecule has 6 heteroatoms. The van der Waals surface area contributed by atoms with Crippen molar-refractivity contribution in [2.24, 2.45) is 5.41 Å². The molecule has 3 rings (SSSR count). The summed E-state index contributed by atoms with van der Waals surface area (Å²) in [5.74, 6) is -1.37. The number of aliphatic carboxylic acids is 1. The molecule has 2 N–H and O–H groups in total. The Morgan fingerprint density at radius 3 is 2.71 bits per heavy atom. The van der Waals surface area contributed by atoms with Gasteiger partial charge < -0.3 is 15.2 Å². The maximum absolute atomic E-state index is 12.8. The van der Waals surface area contributed by atoms with E-state index in [0.29, 0.717) is 12.2 Å². The van der Waals surface area contributed by atoms with E-state index in [4.69, 9.17) is 4.74 Å². The minimum Gasteiger partial charge on any atom is -0.479 e. The van der Waals surface area contributed by atoms with Crippen molar-refractivity contribution in [3.05, 3.63) is 35.2 Å². The number of thiophene rings is 1. The maximum atomic E-state index is 12.8. The van der Waals surface area contributed by atoms with Crippen molar-refractivity contribution in [3.8, 4) is 0 Å². The van der Waals surface area contributed by atoms with Gasteiger partial charge in [-0.15, -0.1) is 11.3 Å². The molecule has 0 saturated heterocycles. The second-order valence-electron chi connectivity index (χ2n) is 6.68. The minimum absolute atomic E-state index is 0.182. The fourth-order valence-corrected chi connectivity index (χ4v) is 4.39. The monoisotopic (exact) mass is 347 g/mol. The van der Waals surface area contributed by atoms with E-state index >= 15 is 0 Å². The average Bonchev–Trinajstić information content (AvgIpc) is 2.97. The summed E-state index contributed by atoms with van der Waals surface area (Å²) in [5, 5.41) is 15.2. The molecule has 1 saturated carbocycles. The topological polar surface area (TPSA) is 75.6 Å². The number of rotatable bonds is 5. The molecule has 2 aromatic rings. The third-order valence-electron chi connectivity index (χ3n) is 5.18. The summed E-state index contributed by atoms with van der Waals surface area (Å²) in [6, 6.07) is 7.61. The van der Waals surface area contributed by atoms with Gasteiger partial charge in [-0.25, -0.2) is 4.79 Å². The molecule has 1 aromatic heterocycles. The van der Waals surface area contributed by atoms with E-state index in [-0.39, 0.29) is 18.4 Å². The van der Waals surface area contributed by atoms with E-state index in [1.54, 1.807) is 5.38 Å². The Kier molecular flexibility index (Phi) is 4.13. The number of carbonyl (C=O) groups excluding carboxylic acids is 1. The van der Waals surface area contributed by atoms with E-state index in [9.17, 15) is 14.7 Å². The highest BCUT2D eigenvalue weighted by molar-refractivity contribution is 7.17. The first-order valence-corrected chi connectivity index (χ1v) is 8.85. The second-order valence-corrected chi connectivity index (χ2v) is 7.59. The van der Waals surface area contributed by atoms with Gasteiger partial charge in [-0.05, 0) is 13.0 Å². The third kappa shape index (κ3) is 2.32. The van der Waals surface area contributed by atoms with Gasteiger partial charge in [-0.2, -0.15) is 0 Å². The predicted octanol–water partition coefficient (Wildman–Crippen LogP) is 3.29. The molecular formula is C18H21NO4S. The summed E-state index contributed by atoms with van der Waals surface area (Å²) >= 11 is 1.48. The van der Waals surface area contributed by atoms with Crippen molar-refractivity contribution in [1.82, 2.24) is 5.32 Å². The van der Waals surface area contributed by atoms with Gasteiger partial charge in [0.1, 0.15) is 5.54 Å². The zero-order valence-electron chi connectivity index (χ0n) is 14.0. The van der Waals surface area contributed by atoms with Crippen LogP contribution in [0.3, 0.4) is 0 Å². The highest BCUT2D eigenvalue weighted by Gasteiger charge is 2.66. The Bertz CT molecular complexity index is 797. The van der Waals surface area contributed by atoms with Gasteiger partial charge in [0.2, 0.25) is 0 Å². The smallest absolute Gasteiger partial charge is 0.330 e. The lowest BCUT2D eigenvalue weighted by Crippen LogP contribution is -2.76. The molecule has 1 aliphatic carbocycles. The Labute approximate surface area is 144 Å². The molecule has 0 bridgehead atoms. The number of benzene rings is 1. The molecule has 0 unspecified atom stereocenters. The van der Waals surface area contributed by atoms with Gasteiger partial charge >= 0.3 is 5.97 Å². The van der Waals surface area contributed by atoms with Crippen LogP contribution in [-0.4, -0.2) is 35.2 Å². The molecule has 5 nitrogen and oxygen atoms in total. The van der Waals surface area contributed by atoms with Crippen molar-refractivity contribution in [1.29, 1.82) is 0 Å². The van der Waals surface area contributed by atoms with Gasteiger partial charge in [-0.3, -0.25) is 4.79 Å². The van der Waals surface area contributed by atoms with Gasteiger partial charge in [0.05, 0.1) is 11.7 Å². The molecule has 1 aromatic carbocycles. The number of hydrogen-bond acceptors (Lipinski definition) is 4. The number of carbonyl (C=O) groups is 2. The number of fused-ring (bicyclic) bond motifs is 1. The van der Waals surface area contributed by atoms with E-state index in [1.165, 1.54) is 11.3 Å². The minimum atomic E-state index is -1.31. The van der Waals surface area contributed by atoms with Crippen LogP contribution < -0.4 is 5.32 Å². The SMILES string of the molecule is CCO[C@@H]1C[C@](NC(=O)c2csc3ccccc23)(C(=O)O)C1(C)C. The standard InChI is InChI=1S/C18H21NO4S/c1-4-23-14-9-18(16(21)22,17(14,2)3)19-15(20)12-10-24-13-8-6-5-7-11(12)13/h5-8,10,14H,4,9H2,1-3H3,(H,19,20)(H,21,22)/t14-,18+/m1/s1. The molecule has 1 heterocycles. The fraction of sp³-hybridized carbons (Fsp3) is 0.444. The van der Waals surface area contributed by atoms with Gasteiger partial charge in [-0.1, -0.05) is 32.0 Å². The first kappa shape index (κ1) is 16.9. The quantitative estimate of drug-likeness (QED) is 0.870. The van der Waals surface area contributed by atoms with Crippen LogP contribution in [0.4, 0.5) is 0 Å². The average molecular weight is 347 g/mol. The number of ether oxygens (including phenoxy) is 1. The lowest BCUT2D eigenvalue weighted by atomic mass is 9.54. The number of carboxylic acids is 1. The van der Waals surface area contributed by atoms with Crippen LogP contribution in [0.5, 0.6) is 0 Å². The fourth-order valence-electron chi connectivity index (χ4n) is 3.45. The summed E-state index contributed by atoms with van der Waals surface area (Å²) in [6.07, 6.45) is 0.0925. The number of carboxylic acid groups (broad SMARTS) is 1. The predicted molar refractivity (Wildman–Crippen MR) is 93.5 cm³/mol. The molecule has 0 radical (unpaired) electrons. The van der Waals surface area contributed by atoms with Crippen LogP contribution in [0.1, 0.15) is 37.6 Å². The second kappa shape index (κ2) is 5.86. The van der Waals surface area contributed by atoms with Crippen molar-refractivity contribution < 1.29 is 19.4 Å². The molecule has 1 aliphatic rings.